The number of ketones is 1. The van der Waals surface area contributed by atoms with Crippen LogP contribution in [-0.2, 0) is 19.0 Å². The van der Waals surface area contributed by atoms with E-state index in [2.05, 4.69) is 0 Å². The fourth-order valence-electron chi connectivity index (χ4n) is 2.52. The number of carbonyl (C=O) groups is 1. The van der Waals surface area contributed by atoms with E-state index in [1.54, 1.807) is 6.08 Å². The van der Waals surface area contributed by atoms with E-state index >= 15 is 0 Å². The molecule has 4 nitrogen and oxygen atoms in total. The van der Waals surface area contributed by atoms with Gasteiger partial charge in [-0.3, -0.25) is 4.79 Å². The summed E-state index contributed by atoms with van der Waals surface area (Å²) in [4.78, 5) is 11.9. The highest BCUT2D eigenvalue weighted by atomic mass is 16.7. The minimum atomic E-state index is -1.10. The van der Waals surface area contributed by atoms with Crippen LogP contribution in [-0.4, -0.2) is 37.0 Å². The van der Waals surface area contributed by atoms with Gasteiger partial charge in [0.2, 0.25) is 5.79 Å². The van der Waals surface area contributed by atoms with Crippen molar-refractivity contribution in [3.05, 3.63) is 12.2 Å². The second-order valence-corrected chi connectivity index (χ2v) is 4.54. The van der Waals surface area contributed by atoms with Crippen molar-refractivity contribution in [2.75, 3.05) is 13.2 Å². The Hall–Kier alpha value is -0.710. The molecule has 0 unspecified atom stereocenters. The minimum absolute atomic E-state index is 0.00213. The molecule has 3 rings (SSSR count). The Morgan fingerprint density at radius 2 is 2.25 bits per heavy atom. The van der Waals surface area contributed by atoms with Gasteiger partial charge in [-0.05, 0) is 25.3 Å². The normalized spacial score (nSPS) is 43.4. The number of hydrogen-bond donors (Lipinski definition) is 0. The number of Topliss-reactive ketones (excluding diaryl/α,β-unsaturated/α-hetero) is 1. The molecule has 0 aliphatic carbocycles. The van der Waals surface area contributed by atoms with Crippen molar-refractivity contribution in [3.63, 3.8) is 0 Å². The summed E-state index contributed by atoms with van der Waals surface area (Å²) < 4.78 is 17.0. The smallest absolute Gasteiger partial charge is 0.249 e. The van der Waals surface area contributed by atoms with Gasteiger partial charge >= 0.3 is 0 Å². The topological polar surface area (TPSA) is 44.8 Å². The third-order valence-electron chi connectivity index (χ3n) is 3.39. The van der Waals surface area contributed by atoms with Gasteiger partial charge in [-0.1, -0.05) is 6.08 Å². The minimum Gasteiger partial charge on any atom is -0.371 e. The van der Waals surface area contributed by atoms with E-state index in [0.717, 1.165) is 25.9 Å². The van der Waals surface area contributed by atoms with Crippen LogP contribution in [0.5, 0.6) is 0 Å². The third kappa shape index (κ3) is 1.61. The Bertz CT molecular complexity index is 325. The molecule has 3 aliphatic rings. The van der Waals surface area contributed by atoms with Crippen LogP contribution in [0.1, 0.15) is 25.7 Å². The lowest BCUT2D eigenvalue weighted by atomic mass is 9.95. The average molecular weight is 224 g/mol. The van der Waals surface area contributed by atoms with Crippen molar-refractivity contribution in [3.8, 4) is 0 Å². The van der Waals surface area contributed by atoms with E-state index in [1.807, 2.05) is 6.08 Å². The van der Waals surface area contributed by atoms with Crippen LogP contribution in [0.4, 0.5) is 0 Å². The number of ether oxygens (including phenoxy) is 3. The van der Waals surface area contributed by atoms with E-state index in [4.69, 9.17) is 14.2 Å². The predicted molar refractivity (Wildman–Crippen MR) is 55.9 cm³/mol. The van der Waals surface area contributed by atoms with E-state index in [1.165, 1.54) is 0 Å². The largest absolute Gasteiger partial charge is 0.371 e. The summed E-state index contributed by atoms with van der Waals surface area (Å²) in [6.07, 6.45) is 6.90. The fraction of sp³-hybridized carbons (Fsp3) is 0.750. The Morgan fingerprint density at radius 1 is 1.31 bits per heavy atom. The highest BCUT2D eigenvalue weighted by Crippen LogP contribution is 2.34. The standard InChI is InChI=1S/C12H16O4/c13-11-4-2-8-15-12(11)6-5-9-10(16-12)3-1-7-14-9/h5-6,9-10H,1-4,7-8H2/t9-,10+,12+/m1/s1. The molecule has 2 fully saturated rings. The quantitative estimate of drug-likeness (QED) is 0.580. The first kappa shape index (κ1) is 10.4. The molecule has 2 saturated heterocycles. The summed E-state index contributed by atoms with van der Waals surface area (Å²) in [7, 11) is 0. The molecule has 1 spiro atoms. The summed E-state index contributed by atoms with van der Waals surface area (Å²) in [5, 5.41) is 0. The molecular formula is C12H16O4. The second-order valence-electron chi connectivity index (χ2n) is 4.54. The number of carbonyl (C=O) groups excluding carboxylic acids is 1. The van der Waals surface area contributed by atoms with Gasteiger partial charge in [-0.15, -0.1) is 0 Å². The zero-order valence-corrected chi connectivity index (χ0v) is 9.19. The maximum Gasteiger partial charge on any atom is 0.249 e. The van der Waals surface area contributed by atoms with Crippen molar-refractivity contribution in [2.24, 2.45) is 0 Å². The van der Waals surface area contributed by atoms with Crippen molar-refractivity contribution >= 4 is 5.78 Å². The molecule has 0 amide bonds. The van der Waals surface area contributed by atoms with Gasteiger partial charge in [0.05, 0.1) is 12.7 Å². The van der Waals surface area contributed by atoms with Crippen LogP contribution in [0.15, 0.2) is 12.2 Å². The molecule has 3 aliphatic heterocycles. The van der Waals surface area contributed by atoms with Crippen molar-refractivity contribution in [1.29, 1.82) is 0 Å². The van der Waals surface area contributed by atoms with Crippen LogP contribution in [0.3, 0.4) is 0 Å². The second kappa shape index (κ2) is 3.95. The number of rotatable bonds is 0. The molecular weight excluding hydrogens is 208 g/mol. The molecule has 0 aromatic rings. The van der Waals surface area contributed by atoms with Gasteiger partial charge in [0, 0.05) is 13.0 Å². The van der Waals surface area contributed by atoms with Crippen molar-refractivity contribution in [2.45, 2.75) is 43.7 Å². The SMILES string of the molecule is O=C1CCCO[C@]12C=C[C@H]1OCCC[C@@H]1O2. The van der Waals surface area contributed by atoms with E-state index in [-0.39, 0.29) is 18.0 Å². The molecule has 4 heteroatoms. The Morgan fingerprint density at radius 3 is 3.12 bits per heavy atom. The molecule has 88 valence electrons. The van der Waals surface area contributed by atoms with Gasteiger partial charge in [0.25, 0.3) is 0 Å². The molecule has 0 radical (unpaired) electrons. The van der Waals surface area contributed by atoms with E-state index in [9.17, 15) is 4.79 Å². The lowest BCUT2D eigenvalue weighted by Gasteiger charge is -2.42. The third-order valence-corrected chi connectivity index (χ3v) is 3.39. The summed E-state index contributed by atoms with van der Waals surface area (Å²) in [5.41, 5.74) is 0. The zero-order chi connectivity index (χ0) is 11.0. The zero-order valence-electron chi connectivity index (χ0n) is 9.19. The molecule has 3 heterocycles. The summed E-state index contributed by atoms with van der Waals surface area (Å²) in [6, 6.07) is 0. The number of hydrogen-bond acceptors (Lipinski definition) is 4. The van der Waals surface area contributed by atoms with Crippen molar-refractivity contribution in [1.82, 2.24) is 0 Å². The van der Waals surface area contributed by atoms with Crippen LogP contribution in [0.2, 0.25) is 0 Å². The van der Waals surface area contributed by atoms with E-state index < -0.39 is 5.79 Å². The lowest BCUT2D eigenvalue weighted by molar-refractivity contribution is -0.256. The average Bonchev–Trinajstić information content (AvgIpc) is 2.33. The Balaban J connectivity index is 1.84. The first-order valence-corrected chi connectivity index (χ1v) is 5.96. The van der Waals surface area contributed by atoms with Crippen LogP contribution < -0.4 is 0 Å². The number of fused-ring (bicyclic) bond motifs is 1. The molecule has 0 aromatic carbocycles. The maximum absolute atomic E-state index is 11.9. The van der Waals surface area contributed by atoms with E-state index in [0.29, 0.717) is 13.0 Å². The van der Waals surface area contributed by atoms with Crippen LogP contribution in [0.25, 0.3) is 0 Å². The summed E-state index contributed by atoms with van der Waals surface area (Å²) >= 11 is 0. The molecule has 0 aromatic heterocycles. The maximum atomic E-state index is 11.9. The molecule has 0 bridgehead atoms. The van der Waals surface area contributed by atoms with Gasteiger partial charge in [0.1, 0.15) is 6.10 Å². The first-order chi connectivity index (χ1) is 7.80. The van der Waals surface area contributed by atoms with Crippen LogP contribution >= 0.6 is 0 Å². The van der Waals surface area contributed by atoms with Gasteiger partial charge in [-0.2, -0.15) is 0 Å². The van der Waals surface area contributed by atoms with Crippen LogP contribution in [0, 0.1) is 0 Å². The highest BCUT2D eigenvalue weighted by molar-refractivity contribution is 5.88. The predicted octanol–water partition coefficient (Wildman–Crippen LogP) is 1.20. The Kier molecular flexibility index (Phi) is 2.58. The summed E-state index contributed by atoms with van der Waals surface area (Å²) in [5.74, 6) is -1.06. The Labute approximate surface area is 94.5 Å². The first-order valence-electron chi connectivity index (χ1n) is 5.96. The van der Waals surface area contributed by atoms with Gasteiger partial charge in [-0.25, -0.2) is 0 Å². The monoisotopic (exact) mass is 224 g/mol. The highest BCUT2D eigenvalue weighted by Gasteiger charge is 2.46. The lowest BCUT2D eigenvalue weighted by Crippen LogP contribution is -2.54. The van der Waals surface area contributed by atoms with Crippen molar-refractivity contribution < 1.29 is 19.0 Å². The molecule has 0 saturated carbocycles. The van der Waals surface area contributed by atoms with Gasteiger partial charge < -0.3 is 14.2 Å². The fourth-order valence-corrected chi connectivity index (χ4v) is 2.52. The molecule has 3 atom stereocenters. The summed E-state index contributed by atoms with van der Waals surface area (Å²) in [6.45, 7) is 1.37. The molecule has 16 heavy (non-hydrogen) atoms. The molecule has 0 N–H and O–H groups in total. The van der Waals surface area contributed by atoms with Gasteiger partial charge in [0.15, 0.2) is 5.78 Å².